The SMILES string of the molecule is CCc1c(Cl)cccc1Nc1c(-c2ccncc2OCC2CCCO2)[nH]c2c1C(=O)NCC21CC1. The van der Waals surface area contributed by atoms with E-state index < -0.39 is 0 Å². The molecule has 3 aliphatic rings. The lowest BCUT2D eigenvalue weighted by Crippen LogP contribution is -2.39. The molecular weight excluding hydrogens is 464 g/mol. The van der Waals surface area contributed by atoms with Gasteiger partial charge in [0.15, 0.2) is 0 Å². The molecule has 2 aromatic heterocycles. The highest BCUT2D eigenvalue weighted by Gasteiger charge is 2.51. The molecule has 6 rings (SSSR count). The maximum atomic E-state index is 13.2. The minimum Gasteiger partial charge on any atom is -0.489 e. The second kappa shape index (κ2) is 8.88. The molecule has 1 aliphatic carbocycles. The largest absolute Gasteiger partial charge is 0.489 e. The highest BCUT2D eigenvalue weighted by Crippen LogP contribution is 2.54. The number of ether oxygens (including phenoxy) is 2. The number of nitrogens with one attached hydrogen (secondary N) is 3. The standard InChI is InChI=1S/C27H29ClN4O3/c1-2-17-19(28)6-3-7-20(17)31-24-22-25(27(9-10-27)15-30-26(22)33)32-23(24)18-8-11-29-13-21(18)35-14-16-5-4-12-34-16/h3,6-8,11,13,16,31-32H,2,4-5,9-10,12,14-15H2,1H3,(H,30,33). The van der Waals surface area contributed by atoms with Crippen LogP contribution < -0.4 is 15.4 Å². The topological polar surface area (TPSA) is 88.3 Å². The Morgan fingerprint density at radius 2 is 2.20 bits per heavy atom. The number of pyridine rings is 1. The smallest absolute Gasteiger partial charge is 0.255 e. The molecule has 2 aliphatic heterocycles. The Balaban J connectivity index is 1.47. The fourth-order valence-corrected chi connectivity index (χ4v) is 5.59. The molecule has 7 nitrogen and oxygen atoms in total. The van der Waals surface area contributed by atoms with Gasteiger partial charge in [0, 0.05) is 46.7 Å². The monoisotopic (exact) mass is 492 g/mol. The number of amides is 1. The number of H-pyrrole nitrogens is 1. The molecule has 1 saturated heterocycles. The zero-order valence-corrected chi connectivity index (χ0v) is 20.5. The summed E-state index contributed by atoms with van der Waals surface area (Å²) < 4.78 is 12.0. The molecule has 1 amide bonds. The van der Waals surface area contributed by atoms with Crippen molar-refractivity contribution in [3.63, 3.8) is 0 Å². The van der Waals surface area contributed by atoms with Gasteiger partial charge in [0.05, 0.1) is 29.2 Å². The van der Waals surface area contributed by atoms with Crippen LogP contribution >= 0.6 is 11.6 Å². The van der Waals surface area contributed by atoms with Gasteiger partial charge in [-0.05, 0) is 55.9 Å². The maximum absolute atomic E-state index is 13.2. The first-order valence-electron chi connectivity index (χ1n) is 12.4. The fourth-order valence-electron chi connectivity index (χ4n) is 5.29. The molecule has 8 heteroatoms. The maximum Gasteiger partial charge on any atom is 0.255 e. The minimum absolute atomic E-state index is 0.0222. The van der Waals surface area contributed by atoms with Crippen molar-refractivity contribution in [2.75, 3.05) is 25.1 Å². The first-order valence-corrected chi connectivity index (χ1v) is 12.8. The van der Waals surface area contributed by atoms with Crippen molar-refractivity contribution >= 4 is 28.9 Å². The van der Waals surface area contributed by atoms with E-state index >= 15 is 0 Å². The van der Waals surface area contributed by atoms with E-state index in [4.69, 9.17) is 21.1 Å². The molecule has 0 radical (unpaired) electrons. The van der Waals surface area contributed by atoms with Crippen molar-refractivity contribution < 1.29 is 14.3 Å². The van der Waals surface area contributed by atoms with Crippen LogP contribution in [0.4, 0.5) is 11.4 Å². The van der Waals surface area contributed by atoms with E-state index in [0.717, 1.165) is 72.6 Å². The molecule has 2 fully saturated rings. The van der Waals surface area contributed by atoms with Gasteiger partial charge in [-0.2, -0.15) is 0 Å². The summed E-state index contributed by atoms with van der Waals surface area (Å²) in [5.74, 6) is 0.593. The van der Waals surface area contributed by atoms with Crippen molar-refractivity contribution in [1.82, 2.24) is 15.3 Å². The quantitative estimate of drug-likeness (QED) is 0.412. The summed E-state index contributed by atoms with van der Waals surface area (Å²) in [6.45, 7) is 3.99. The summed E-state index contributed by atoms with van der Waals surface area (Å²) in [6.07, 6.45) is 8.51. The lowest BCUT2D eigenvalue weighted by Gasteiger charge is -2.23. The van der Waals surface area contributed by atoms with Crippen molar-refractivity contribution in [2.45, 2.75) is 50.5 Å². The van der Waals surface area contributed by atoms with Crippen LogP contribution in [0.2, 0.25) is 5.02 Å². The second-order valence-electron chi connectivity index (χ2n) is 9.65. The molecule has 3 N–H and O–H groups in total. The van der Waals surface area contributed by atoms with E-state index in [0.29, 0.717) is 29.5 Å². The van der Waals surface area contributed by atoms with E-state index in [2.05, 4.69) is 27.5 Å². The van der Waals surface area contributed by atoms with Crippen molar-refractivity contribution in [3.8, 4) is 17.0 Å². The molecule has 1 atom stereocenters. The molecule has 3 aromatic rings. The van der Waals surface area contributed by atoms with Crippen LogP contribution in [0.15, 0.2) is 36.7 Å². The van der Waals surface area contributed by atoms with Gasteiger partial charge < -0.3 is 25.1 Å². The minimum atomic E-state index is -0.0709. The summed E-state index contributed by atoms with van der Waals surface area (Å²) in [7, 11) is 0. The number of aromatic amines is 1. The van der Waals surface area contributed by atoms with Crippen LogP contribution in [0.5, 0.6) is 5.75 Å². The number of rotatable bonds is 7. The number of anilines is 2. The number of hydrogen-bond acceptors (Lipinski definition) is 5. The van der Waals surface area contributed by atoms with Crippen molar-refractivity contribution in [3.05, 3.63) is 58.5 Å². The average Bonchev–Trinajstić information content (AvgIpc) is 3.26. The average molecular weight is 493 g/mol. The van der Waals surface area contributed by atoms with Gasteiger partial charge in [-0.25, -0.2) is 0 Å². The summed E-state index contributed by atoms with van der Waals surface area (Å²) in [5, 5.41) is 7.40. The molecule has 4 heterocycles. The lowest BCUT2D eigenvalue weighted by atomic mass is 9.93. The van der Waals surface area contributed by atoms with E-state index in [1.807, 2.05) is 24.3 Å². The van der Waals surface area contributed by atoms with Crippen LogP contribution in [0.25, 0.3) is 11.3 Å². The molecular formula is C27H29ClN4O3. The van der Waals surface area contributed by atoms with Gasteiger partial charge in [-0.1, -0.05) is 24.6 Å². The Morgan fingerprint density at radius 1 is 1.31 bits per heavy atom. The number of carbonyl (C=O) groups is 1. The summed E-state index contributed by atoms with van der Waals surface area (Å²) in [6, 6.07) is 7.75. The summed E-state index contributed by atoms with van der Waals surface area (Å²) in [4.78, 5) is 21.2. The summed E-state index contributed by atoms with van der Waals surface area (Å²) in [5.41, 5.74) is 5.98. The number of halogens is 1. The molecule has 182 valence electrons. The van der Waals surface area contributed by atoms with Crippen LogP contribution in [-0.2, 0) is 16.6 Å². The molecule has 0 bridgehead atoms. The predicted octanol–water partition coefficient (Wildman–Crippen LogP) is 5.37. The molecule has 1 aromatic carbocycles. The van der Waals surface area contributed by atoms with Gasteiger partial charge in [-0.3, -0.25) is 9.78 Å². The van der Waals surface area contributed by atoms with Crippen LogP contribution in [-0.4, -0.2) is 41.7 Å². The number of aromatic nitrogens is 2. The Hall–Kier alpha value is -3.03. The van der Waals surface area contributed by atoms with Gasteiger partial charge >= 0.3 is 0 Å². The van der Waals surface area contributed by atoms with Crippen LogP contribution in [0.3, 0.4) is 0 Å². The first-order chi connectivity index (χ1) is 17.1. The highest BCUT2D eigenvalue weighted by atomic mass is 35.5. The van der Waals surface area contributed by atoms with Gasteiger partial charge in [0.2, 0.25) is 0 Å². The first kappa shape index (κ1) is 22.4. The zero-order chi connectivity index (χ0) is 24.0. The van der Waals surface area contributed by atoms with Crippen LogP contribution in [0, 0.1) is 0 Å². The normalized spacial score (nSPS) is 19.9. The van der Waals surface area contributed by atoms with Gasteiger partial charge in [-0.15, -0.1) is 0 Å². The van der Waals surface area contributed by atoms with E-state index in [9.17, 15) is 4.79 Å². The molecule has 35 heavy (non-hydrogen) atoms. The molecule has 1 spiro atoms. The number of hydrogen-bond donors (Lipinski definition) is 3. The number of benzene rings is 1. The molecule has 1 saturated carbocycles. The summed E-state index contributed by atoms with van der Waals surface area (Å²) >= 11 is 6.52. The lowest BCUT2D eigenvalue weighted by molar-refractivity contribution is 0.0680. The second-order valence-corrected chi connectivity index (χ2v) is 10.1. The third kappa shape index (κ3) is 3.96. The predicted molar refractivity (Wildman–Crippen MR) is 136 cm³/mol. The van der Waals surface area contributed by atoms with Crippen molar-refractivity contribution in [2.24, 2.45) is 0 Å². The van der Waals surface area contributed by atoms with E-state index in [1.54, 1.807) is 12.4 Å². The zero-order valence-electron chi connectivity index (χ0n) is 19.7. The Bertz CT molecular complexity index is 1280. The van der Waals surface area contributed by atoms with Gasteiger partial charge in [0.1, 0.15) is 12.4 Å². The third-order valence-corrected chi connectivity index (χ3v) is 7.79. The Labute approximate surface area is 209 Å². The van der Waals surface area contributed by atoms with Gasteiger partial charge in [0.25, 0.3) is 5.91 Å². The Morgan fingerprint density at radius 3 is 2.97 bits per heavy atom. The third-order valence-electron chi connectivity index (χ3n) is 7.43. The highest BCUT2D eigenvalue weighted by molar-refractivity contribution is 6.31. The number of fused-ring (bicyclic) bond motifs is 2. The van der Waals surface area contributed by atoms with Crippen LogP contribution in [0.1, 0.15) is 54.2 Å². The number of nitrogens with zero attached hydrogens (tertiary/aromatic N) is 1. The fraction of sp³-hybridized carbons (Fsp3) is 0.407. The van der Waals surface area contributed by atoms with E-state index in [-0.39, 0.29) is 17.4 Å². The van der Waals surface area contributed by atoms with Crippen molar-refractivity contribution in [1.29, 1.82) is 0 Å². The number of carbonyl (C=O) groups excluding carboxylic acids is 1. The Kier molecular flexibility index (Phi) is 5.69. The molecule has 1 unspecified atom stereocenters. The van der Waals surface area contributed by atoms with E-state index in [1.165, 1.54) is 0 Å².